The van der Waals surface area contributed by atoms with Crippen molar-refractivity contribution in [1.29, 1.82) is 0 Å². The van der Waals surface area contributed by atoms with Crippen molar-refractivity contribution in [3.63, 3.8) is 0 Å². The molecule has 0 saturated carbocycles. The summed E-state index contributed by atoms with van der Waals surface area (Å²) in [7, 11) is 0. The lowest BCUT2D eigenvalue weighted by Crippen LogP contribution is -2.45. The van der Waals surface area contributed by atoms with Gasteiger partial charge in [-0.3, -0.25) is 4.99 Å². The van der Waals surface area contributed by atoms with Gasteiger partial charge in [-0.2, -0.15) is 0 Å². The van der Waals surface area contributed by atoms with Gasteiger partial charge in [-0.05, 0) is 64.7 Å². The van der Waals surface area contributed by atoms with Gasteiger partial charge in [0.2, 0.25) is 0 Å². The Hall–Kier alpha value is -0.610. The molecule has 3 heterocycles. The molecular formula is C15H30N4. The van der Waals surface area contributed by atoms with Crippen molar-refractivity contribution in [2.45, 2.75) is 57.4 Å². The zero-order valence-corrected chi connectivity index (χ0v) is 12.2. The maximum absolute atomic E-state index is 5.38. The van der Waals surface area contributed by atoms with Crippen LogP contribution >= 0.6 is 0 Å². The molecule has 2 fully saturated rings. The largest absolute Gasteiger partial charge is 0.387 e. The molecule has 0 radical (unpaired) electrons. The van der Waals surface area contributed by atoms with Crippen LogP contribution in [0.3, 0.4) is 0 Å². The van der Waals surface area contributed by atoms with E-state index in [-0.39, 0.29) is 0 Å². The quantitative estimate of drug-likeness (QED) is 0.760. The van der Waals surface area contributed by atoms with Crippen LogP contribution in [0.15, 0.2) is 4.99 Å². The van der Waals surface area contributed by atoms with E-state index < -0.39 is 0 Å². The Kier molecular flexibility index (Phi) is 6.65. The standard InChI is InChI=1S/C10H20N2.C5H10N2/c1-2-8-12(9-3-1)10-4-6-11-7-5-10;6-5-3-1-2-4-7-5/h10-11H,1-9H2;1-4H2,(H2,6,7). The monoisotopic (exact) mass is 266 g/mol. The second kappa shape index (κ2) is 8.54. The Labute approximate surface area is 117 Å². The van der Waals surface area contributed by atoms with Crippen LogP contribution in [0.2, 0.25) is 0 Å². The molecule has 0 aromatic heterocycles. The lowest BCUT2D eigenvalue weighted by atomic mass is 10.0. The first-order valence-electron chi connectivity index (χ1n) is 8.10. The highest BCUT2D eigenvalue weighted by Gasteiger charge is 2.21. The summed E-state index contributed by atoms with van der Waals surface area (Å²) < 4.78 is 0. The average molecular weight is 266 g/mol. The van der Waals surface area contributed by atoms with Gasteiger partial charge in [0.1, 0.15) is 0 Å². The number of nitrogens with zero attached hydrogens (tertiary/aromatic N) is 2. The molecular weight excluding hydrogens is 236 g/mol. The number of rotatable bonds is 1. The Balaban J connectivity index is 0.000000163. The molecule has 3 N–H and O–H groups in total. The number of aliphatic imine (C=N–C) groups is 1. The lowest BCUT2D eigenvalue weighted by molar-refractivity contribution is 0.136. The summed E-state index contributed by atoms with van der Waals surface area (Å²) >= 11 is 0. The van der Waals surface area contributed by atoms with E-state index in [2.05, 4.69) is 15.2 Å². The number of nitrogens with one attached hydrogen (secondary N) is 1. The number of nitrogens with two attached hydrogens (primary N) is 1. The Morgan fingerprint density at radius 3 is 2.26 bits per heavy atom. The predicted octanol–water partition coefficient (Wildman–Crippen LogP) is 1.75. The zero-order valence-electron chi connectivity index (χ0n) is 12.2. The van der Waals surface area contributed by atoms with Crippen LogP contribution in [-0.4, -0.2) is 49.5 Å². The fraction of sp³-hybridized carbons (Fsp3) is 0.933. The average Bonchev–Trinajstić information content (AvgIpc) is 2.51. The van der Waals surface area contributed by atoms with Crippen LogP contribution in [-0.2, 0) is 0 Å². The second-order valence-electron chi connectivity index (χ2n) is 5.91. The molecule has 0 bridgehead atoms. The van der Waals surface area contributed by atoms with Gasteiger partial charge >= 0.3 is 0 Å². The van der Waals surface area contributed by atoms with Gasteiger partial charge in [0.25, 0.3) is 0 Å². The van der Waals surface area contributed by atoms with E-state index in [4.69, 9.17) is 5.73 Å². The fourth-order valence-corrected chi connectivity index (χ4v) is 3.17. The van der Waals surface area contributed by atoms with E-state index in [0.29, 0.717) is 0 Å². The number of amidine groups is 1. The van der Waals surface area contributed by atoms with Crippen LogP contribution in [0.4, 0.5) is 0 Å². The number of likely N-dealkylation sites (tertiary alicyclic amines) is 1. The van der Waals surface area contributed by atoms with E-state index in [1.807, 2.05) is 0 Å². The molecule has 2 saturated heterocycles. The molecule has 0 aliphatic carbocycles. The zero-order chi connectivity index (χ0) is 13.3. The summed E-state index contributed by atoms with van der Waals surface area (Å²) in [5.41, 5.74) is 5.38. The summed E-state index contributed by atoms with van der Waals surface area (Å²) in [4.78, 5) is 6.74. The van der Waals surface area contributed by atoms with Gasteiger partial charge < -0.3 is 16.0 Å². The van der Waals surface area contributed by atoms with Crippen LogP contribution < -0.4 is 11.1 Å². The summed E-state index contributed by atoms with van der Waals surface area (Å²) in [5, 5.41) is 3.43. The Morgan fingerprint density at radius 1 is 1.00 bits per heavy atom. The van der Waals surface area contributed by atoms with E-state index in [0.717, 1.165) is 24.8 Å². The molecule has 3 aliphatic rings. The van der Waals surface area contributed by atoms with Crippen molar-refractivity contribution >= 4 is 5.84 Å². The molecule has 0 aromatic rings. The third kappa shape index (κ3) is 5.49. The van der Waals surface area contributed by atoms with Gasteiger partial charge in [-0.15, -0.1) is 0 Å². The molecule has 0 aromatic carbocycles. The highest BCUT2D eigenvalue weighted by Crippen LogP contribution is 2.17. The molecule has 0 unspecified atom stereocenters. The third-order valence-electron chi connectivity index (χ3n) is 4.37. The third-order valence-corrected chi connectivity index (χ3v) is 4.37. The van der Waals surface area contributed by atoms with Crippen LogP contribution in [0.1, 0.15) is 51.4 Å². The van der Waals surface area contributed by atoms with E-state index in [1.165, 1.54) is 71.1 Å². The van der Waals surface area contributed by atoms with Gasteiger partial charge in [0.05, 0.1) is 5.84 Å². The number of hydrogen-bond donors (Lipinski definition) is 2. The van der Waals surface area contributed by atoms with Crippen molar-refractivity contribution in [2.24, 2.45) is 10.7 Å². The molecule has 110 valence electrons. The minimum absolute atomic E-state index is 0.839. The minimum atomic E-state index is 0.839. The van der Waals surface area contributed by atoms with Crippen molar-refractivity contribution in [3.05, 3.63) is 0 Å². The molecule has 19 heavy (non-hydrogen) atoms. The molecule has 4 nitrogen and oxygen atoms in total. The lowest BCUT2D eigenvalue weighted by Gasteiger charge is -2.36. The Bertz CT molecular complexity index is 249. The van der Waals surface area contributed by atoms with Crippen molar-refractivity contribution in [1.82, 2.24) is 10.2 Å². The molecule has 0 atom stereocenters. The first kappa shape index (κ1) is 14.8. The topological polar surface area (TPSA) is 53.6 Å². The molecule has 3 aliphatic heterocycles. The molecule has 4 heteroatoms. The van der Waals surface area contributed by atoms with Crippen molar-refractivity contribution in [2.75, 3.05) is 32.7 Å². The van der Waals surface area contributed by atoms with Gasteiger partial charge in [0.15, 0.2) is 0 Å². The minimum Gasteiger partial charge on any atom is -0.387 e. The second-order valence-corrected chi connectivity index (χ2v) is 5.91. The molecule has 0 spiro atoms. The molecule has 0 amide bonds. The maximum atomic E-state index is 5.38. The van der Waals surface area contributed by atoms with Crippen LogP contribution in [0, 0.1) is 0 Å². The predicted molar refractivity (Wildman–Crippen MR) is 81.7 cm³/mol. The fourth-order valence-electron chi connectivity index (χ4n) is 3.17. The smallest absolute Gasteiger partial charge is 0.0937 e. The first-order valence-corrected chi connectivity index (χ1v) is 8.10. The highest BCUT2D eigenvalue weighted by molar-refractivity contribution is 5.80. The number of hydrogen-bond acceptors (Lipinski definition) is 4. The van der Waals surface area contributed by atoms with Gasteiger partial charge in [-0.25, -0.2) is 0 Å². The first-order chi connectivity index (χ1) is 9.36. The van der Waals surface area contributed by atoms with E-state index >= 15 is 0 Å². The Morgan fingerprint density at radius 2 is 1.74 bits per heavy atom. The van der Waals surface area contributed by atoms with E-state index in [9.17, 15) is 0 Å². The van der Waals surface area contributed by atoms with Gasteiger partial charge in [0, 0.05) is 19.0 Å². The summed E-state index contributed by atoms with van der Waals surface area (Å²) in [6, 6.07) is 0.909. The van der Waals surface area contributed by atoms with Crippen molar-refractivity contribution < 1.29 is 0 Å². The van der Waals surface area contributed by atoms with Crippen LogP contribution in [0.25, 0.3) is 0 Å². The maximum Gasteiger partial charge on any atom is 0.0937 e. The highest BCUT2D eigenvalue weighted by atomic mass is 15.2. The van der Waals surface area contributed by atoms with Crippen LogP contribution in [0.5, 0.6) is 0 Å². The van der Waals surface area contributed by atoms with Crippen molar-refractivity contribution in [3.8, 4) is 0 Å². The molecule has 3 rings (SSSR count). The summed E-state index contributed by atoms with van der Waals surface area (Å²) in [5.74, 6) is 0.839. The number of piperidine rings is 2. The summed E-state index contributed by atoms with van der Waals surface area (Å²) in [6.07, 6.45) is 10.5. The summed E-state index contributed by atoms with van der Waals surface area (Å²) in [6.45, 7) is 6.16. The van der Waals surface area contributed by atoms with E-state index in [1.54, 1.807) is 0 Å². The van der Waals surface area contributed by atoms with Gasteiger partial charge in [-0.1, -0.05) is 6.42 Å². The SMILES string of the molecule is C1CCN(C2CCNCC2)CC1.NC1=NCCCC1. The normalized spacial score (nSPS) is 26.2.